The SMILES string of the molecule is Cc1ccc(-c2nnc(SC(C)C(=O)N(C)C)n2N)cc1. The van der Waals surface area contributed by atoms with Gasteiger partial charge in [0.05, 0.1) is 5.25 Å². The van der Waals surface area contributed by atoms with E-state index in [4.69, 9.17) is 5.84 Å². The van der Waals surface area contributed by atoms with E-state index >= 15 is 0 Å². The number of nitrogen functional groups attached to an aromatic ring is 1. The number of nitrogens with two attached hydrogens (primary N) is 1. The van der Waals surface area contributed by atoms with Crippen LogP contribution >= 0.6 is 11.8 Å². The van der Waals surface area contributed by atoms with Gasteiger partial charge in [-0.3, -0.25) is 4.79 Å². The number of benzene rings is 1. The van der Waals surface area contributed by atoms with Gasteiger partial charge in [-0.25, -0.2) is 4.68 Å². The van der Waals surface area contributed by atoms with Crippen LogP contribution < -0.4 is 5.84 Å². The third-order valence-corrected chi connectivity index (χ3v) is 4.09. The predicted molar refractivity (Wildman–Crippen MR) is 84.4 cm³/mol. The van der Waals surface area contributed by atoms with Crippen LogP contribution in [0.1, 0.15) is 12.5 Å². The van der Waals surface area contributed by atoms with Crippen molar-refractivity contribution >= 4 is 17.7 Å². The summed E-state index contributed by atoms with van der Waals surface area (Å²) in [6.07, 6.45) is 0. The Bertz CT molecular complexity index is 635. The van der Waals surface area contributed by atoms with Gasteiger partial charge in [0.25, 0.3) is 0 Å². The number of aromatic nitrogens is 3. The van der Waals surface area contributed by atoms with E-state index in [1.54, 1.807) is 19.0 Å². The molecule has 1 unspecified atom stereocenters. The monoisotopic (exact) mass is 305 g/mol. The molecule has 0 spiro atoms. The van der Waals surface area contributed by atoms with E-state index in [2.05, 4.69) is 10.2 Å². The molecule has 7 heteroatoms. The Labute approximate surface area is 128 Å². The minimum absolute atomic E-state index is 0.0138. The first-order chi connectivity index (χ1) is 9.90. The summed E-state index contributed by atoms with van der Waals surface area (Å²) in [4.78, 5) is 13.4. The number of carbonyl (C=O) groups is 1. The third kappa shape index (κ3) is 3.36. The molecular formula is C14H19N5OS. The summed E-state index contributed by atoms with van der Waals surface area (Å²) in [6, 6.07) is 7.89. The Morgan fingerprint density at radius 3 is 2.48 bits per heavy atom. The molecule has 0 bridgehead atoms. The Morgan fingerprint density at radius 1 is 1.29 bits per heavy atom. The summed E-state index contributed by atoms with van der Waals surface area (Å²) in [5.41, 5.74) is 2.07. The smallest absolute Gasteiger partial charge is 0.235 e. The van der Waals surface area contributed by atoms with Crippen LogP contribution in [-0.2, 0) is 4.79 Å². The average Bonchev–Trinajstić information content (AvgIpc) is 2.80. The largest absolute Gasteiger partial charge is 0.348 e. The van der Waals surface area contributed by atoms with Gasteiger partial charge in [-0.15, -0.1) is 10.2 Å². The molecule has 0 aliphatic carbocycles. The lowest BCUT2D eigenvalue weighted by atomic mass is 10.1. The zero-order valence-corrected chi connectivity index (χ0v) is 13.4. The number of amides is 1. The van der Waals surface area contributed by atoms with Crippen molar-refractivity contribution in [3.8, 4) is 11.4 Å². The quantitative estimate of drug-likeness (QED) is 0.685. The first kappa shape index (κ1) is 15.4. The molecule has 6 nitrogen and oxygen atoms in total. The normalized spacial score (nSPS) is 12.2. The molecule has 2 N–H and O–H groups in total. The minimum atomic E-state index is -0.266. The fraction of sp³-hybridized carbons (Fsp3) is 0.357. The second kappa shape index (κ2) is 6.17. The number of hydrogen-bond acceptors (Lipinski definition) is 5. The highest BCUT2D eigenvalue weighted by Gasteiger charge is 2.20. The Morgan fingerprint density at radius 2 is 1.90 bits per heavy atom. The number of aryl methyl sites for hydroxylation is 1. The predicted octanol–water partition coefficient (Wildman–Crippen LogP) is 1.54. The maximum Gasteiger partial charge on any atom is 0.235 e. The molecule has 1 aromatic carbocycles. The molecule has 0 radical (unpaired) electrons. The van der Waals surface area contributed by atoms with E-state index in [1.165, 1.54) is 22.0 Å². The van der Waals surface area contributed by atoms with Gasteiger partial charge in [0.2, 0.25) is 11.1 Å². The van der Waals surface area contributed by atoms with Gasteiger partial charge in [-0.2, -0.15) is 0 Å². The molecule has 0 saturated heterocycles. The van der Waals surface area contributed by atoms with E-state index in [0.29, 0.717) is 11.0 Å². The first-order valence-electron chi connectivity index (χ1n) is 6.55. The fourth-order valence-corrected chi connectivity index (χ4v) is 2.74. The van der Waals surface area contributed by atoms with Crippen LogP contribution in [0.25, 0.3) is 11.4 Å². The van der Waals surface area contributed by atoms with Crippen molar-refractivity contribution in [3.05, 3.63) is 29.8 Å². The van der Waals surface area contributed by atoms with Crippen molar-refractivity contribution in [1.29, 1.82) is 0 Å². The van der Waals surface area contributed by atoms with Crippen LogP contribution in [0.5, 0.6) is 0 Å². The number of carbonyl (C=O) groups excluding carboxylic acids is 1. The van der Waals surface area contributed by atoms with Crippen LogP contribution in [-0.4, -0.2) is 45.0 Å². The Balaban J connectivity index is 2.21. The molecule has 1 aromatic heterocycles. The summed E-state index contributed by atoms with van der Waals surface area (Å²) in [5, 5.41) is 8.45. The lowest BCUT2D eigenvalue weighted by Gasteiger charge is -2.15. The molecule has 1 atom stereocenters. The topological polar surface area (TPSA) is 77.0 Å². The van der Waals surface area contributed by atoms with Crippen LogP contribution in [0, 0.1) is 6.92 Å². The average molecular weight is 305 g/mol. The van der Waals surface area contributed by atoms with E-state index in [1.807, 2.05) is 38.1 Å². The van der Waals surface area contributed by atoms with Gasteiger partial charge in [-0.1, -0.05) is 41.6 Å². The lowest BCUT2D eigenvalue weighted by Crippen LogP contribution is -2.30. The van der Waals surface area contributed by atoms with Crippen molar-refractivity contribution in [3.63, 3.8) is 0 Å². The number of rotatable bonds is 4. The molecule has 0 saturated carbocycles. The van der Waals surface area contributed by atoms with Crippen molar-refractivity contribution < 1.29 is 4.79 Å². The standard InChI is InChI=1S/C14H19N5OS/c1-9-5-7-11(8-6-9)12-16-17-14(19(12)15)21-10(2)13(20)18(3)4/h5-8,10H,15H2,1-4H3. The summed E-state index contributed by atoms with van der Waals surface area (Å²) < 4.78 is 1.43. The number of thioether (sulfide) groups is 1. The molecule has 0 aliphatic heterocycles. The van der Waals surface area contributed by atoms with Crippen molar-refractivity contribution in [2.24, 2.45) is 0 Å². The van der Waals surface area contributed by atoms with Gasteiger partial charge in [0, 0.05) is 19.7 Å². The number of nitrogens with zero attached hydrogens (tertiary/aromatic N) is 4. The molecule has 0 aliphatic rings. The molecular weight excluding hydrogens is 286 g/mol. The Hall–Kier alpha value is -2.02. The zero-order valence-electron chi connectivity index (χ0n) is 12.6. The van der Waals surface area contributed by atoms with E-state index < -0.39 is 0 Å². The van der Waals surface area contributed by atoms with E-state index in [9.17, 15) is 4.79 Å². The molecule has 0 fully saturated rings. The second-order valence-corrected chi connectivity index (χ2v) is 6.34. The van der Waals surface area contributed by atoms with Gasteiger partial charge in [-0.05, 0) is 13.8 Å². The summed E-state index contributed by atoms with van der Waals surface area (Å²) in [6.45, 7) is 3.85. The first-order valence-corrected chi connectivity index (χ1v) is 7.43. The maximum atomic E-state index is 11.9. The molecule has 21 heavy (non-hydrogen) atoms. The second-order valence-electron chi connectivity index (χ2n) is 5.03. The van der Waals surface area contributed by atoms with Crippen LogP contribution in [0.15, 0.2) is 29.4 Å². The summed E-state index contributed by atoms with van der Waals surface area (Å²) >= 11 is 1.30. The molecule has 1 heterocycles. The maximum absolute atomic E-state index is 11.9. The molecule has 112 valence electrons. The van der Waals surface area contributed by atoms with Gasteiger partial charge in [0.15, 0.2) is 5.82 Å². The Kier molecular flexibility index (Phi) is 4.52. The fourth-order valence-electron chi connectivity index (χ4n) is 1.83. The van der Waals surface area contributed by atoms with E-state index in [0.717, 1.165) is 5.56 Å². The van der Waals surface area contributed by atoms with Crippen molar-refractivity contribution in [2.45, 2.75) is 24.3 Å². The lowest BCUT2D eigenvalue weighted by molar-refractivity contribution is -0.127. The third-order valence-electron chi connectivity index (χ3n) is 3.05. The summed E-state index contributed by atoms with van der Waals surface area (Å²) in [7, 11) is 3.45. The highest BCUT2D eigenvalue weighted by atomic mass is 32.2. The van der Waals surface area contributed by atoms with Gasteiger partial charge < -0.3 is 10.7 Å². The number of hydrogen-bond donors (Lipinski definition) is 1. The highest BCUT2D eigenvalue weighted by molar-refractivity contribution is 8.00. The summed E-state index contributed by atoms with van der Waals surface area (Å²) in [5.74, 6) is 6.64. The molecule has 1 amide bonds. The van der Waals surface area contributed by atoms with Crippen molar-refractivity contribution in [2.75, 3.05) is 19.9 Å². The van der Waals surface area contributed by atoms with Crippen molar-refractivity contribution in [1.82, 2.24) is 19.8 Å². The zero-order chi connectivity index (χ0) is 15.6. The van der Waals surface area contributed by atoms with Gasteiger partial charge >= 0.3 is 0 Å². The molecule has 2 aromatic rings. The van der Waals surface area contributed by atoms with Gasteiger partial charge in [0.1, 0.15) is 0 Å². The van der Waals surface area contributed by atoms with Crippen LogP contribution in [0.3, 0.4) is 0 Å². The molecule has 2 rings (SSSR count). The van der Waals surface area contributed by atoms with Crippen LogP contribution in [0.4, 0.5) is 0 Å². The minimum Gasteiger partial charge on any atom is -0.348 e. The van der Waals surface area contributed by atoms with Crippen LogP contribution in [0.2, 0.25) is 0 Å². The highest BCUT2D eigenvalue weighted by Crippen LogP contribution is 2.25. The van der Waals surface area contributed by atoms with E-state index in [-0.39, 0.29) is 11.2 Å².